The number of esters is 1. The SMILES string of the molecule is CCOC(=O)C(C)c1ccc(SCC)c(Cl)c1. The Balaban J connectivity index is 2.85. The lowest BCUT2D eigenvalue weighted by Crippen LogP contribution is -2.12. The number of carbonyl (C=O) groups excluding carboxylic acids is 1. The van der Waals surface area contributed by atoms with E-state index in [0.717, 1.165) is 16.2 Å². The molecule has 0 heterocycles. The van der Waals surface area contributed by atoms with Crippen molar-refractivity contribution in [2.24, 2.45) is 0 Å². The van der Waals surface area contributed by atoms with Gasteiger partial charge in [0.2, 0.25) is 0 Å². The van der Waals surface area contributed by atoms with Gasteiger partial charge in [-0.15, -0.1) is 11.8 Å². The van der Waals surface area contributed by atoms with Crippen LogP contribution in [0.25, 0.3) is 0 Å². The molecule has 0 fully saturated rings. The van der Waals surface area contributed by atoms with Gasteiger partial charge >= 0.3 is 5.97 Å². The molecule has 0 bridgehead atoms. The van der Waals surface area contributed by atoms with Crippen molar-refractivity contribution in [2.75, 3.05) is 12.4 Å². The fourth-order valence-electron chi connectivity index (χ4n) is 1.46. The van der Waals surface area contributed by atoms with E-state index < -0.39 is 0 Å². The number of hydrogen-bond acceptors (Lipinski definition) is 3. The van der Waals surface area contributed by atoms with Crippen LogP contribution in [0.5, 0.6) is 0 Å². The molecule has 0 aliphatic heterocycles. The average molecular weight is 273 g/mol. The summed E-state index contributed by atoms with van der Waals surface area (Å²) in [6, 6.07) is 5.74. The molecule has 1 rings (SSSR count). The Morgan fingerprint density at radius 3 is 2.71 bits per heavy atom. The van der Waals surface area contributed by atoms with Crippen LogP contribution in [0, 0.1) is 0 Å². The maximum atomic E-state index is 11.6. The first-order valence-corrected chi connectivity index (χ1v) is 7.05. The van der Waals surface area contributed by atoms with Gasteiger partial charge in [-0.25, -0.2) is 0 Å². The number of ether oxygens (including phenoxy) is 1. The van der Waals surface area contributed by atoms with E-state index in [1.807, 2.05) is 25.1 Å². The first kappa shape index (κ1) is 14.4. The molecule has 0 aliphatic carbocycles. The van der Waals surface area contributed by atoms with Gasteiger partial charge in [-0.1, -0.05) is 24.6 Å². The summed E-state index contributed by atoms with van der Waals surface area (Å²) in [6.45, 7) is 6.12. The quantitative estimate of drug-likeness (QED) is 0.596. The third kappa shape index (κ3) is 3.93. The van der Waals surface area contributed by atoms with Gasteiger partial charge in [0.25, 0.3) is 0 Å². The zero-order valence-electron chi connectivity index (χ0n) is 10.3. The third-order valence-electron chi connectivity index (χ3n) is 2.40. The summed E-state index contributed by atoms with van der Waals surface area (Å²) in [7, 11) is 0. The number of thioether (sulfide) groups is 1. The Bertz CT molecular complexity index is 393. The molecule has 1 unspecified atom stereocenters. The number of benzene rings is 1. The molecular weight excluding hydrogens is 256 g/mol. The fraction of sp³-hybridized carbons (Fsp3) is 0.462. The van der Waals surface area contributed by atoms with Crippen LogP contribution < -0.4 is 0 Å². The van der Waals surface area contributed by atoms with Gasteiger partial charge in [0, 0.05) is 4.90 Å². The molecule has 0 radical (unpaired) electrons. The van der Waals surface area contributed by atoms with Gasteiger partial charge in [-0.05, 0) is 37.3 Å². The molecule has 0 amide bonds. The van der Waals surface area contributed by atoms with Crippen LogP contribution in [-0.2, 0) is 9.53 Å². The van der Waals surface area contributed by atoms with Crippen molar-refractivity contribution in [3.05, 3.63) is 28.8 Å². The minimum absolute atomic E-state index is 0.209. The summed E-state index contributed by atoms with van der Waals surface area (Å²) in [5.74, 6) is 0.500. The number of rotatable bonds is 5. The lowest BCUT2D eigenvalue weighted by Gasteiger charge is -2.12. The minimum atomic E-state index is -0.270. The molecule has 0 aromatic heterocycles. The van der Waals surface area contributed by atoms with Crippen molar-refractivity contribution >= 4 is 29.3 Å². The summed E-state index contributed by atoms with van der Waals surface area (Å²) in [5.41, 5.74) is 0.897. The Morgan fingerprint density at radius 1 is 1.47 bits per heavy atom. The standard InChI is InChI=1S/C13H17ClO2S/c1-4-16-13(15)9(3)10-6-7-12(17-5-2)11(14)8-10/h6-9H,4-5H2,1-3H3. The Labute approximate surface area is 112 Å². The number of halogens is 1. The maximum Gasteiger partial charge on any atom is 0.313 e. The minimum Gasteiger partial charge on any atom is -0.466 e. The van der Waals surface area contributed by atoms with Crippen molar-refractivity contribution in [3.8, 4) is 0 Å². The lowest BCUT2D eigenvalue weighted by molar-refractivity contribution is -0.144. The van der Waals surface area contributed by atoms with Crippen molar-refractivity contribution < 1.29 is 9.53 Å². The molecule has 0 N–H and O–H groups in total. The van der Waals surface area contributed by atoms with E-state index in [9.17, 15) is 4.79 Å². The molecule has 1 atom stereocenters. The van der Waals surface area contributed by atoms with Gasteiger partial charge in [-0.3, -0.25) is 4.79 Å². The molecule has 2 nitrogen and oxygen atoms in total. The van der Waals surface area contributed by atoms with E-state index in [2.05, 4.69) is 6.92 Å². The van der Waals surface area contributed by atoms with Crippen LogP contribution >= 0.6 is 23.4 Å². The lowest BCUT2D eigenvalue weighted by atomic mass is 10.0. The first-order chi connectivity index (χ1) is 8.10. The second-order valence-corrected chi connectivity index (χ2v) is 5.31. The highest BCUT2D eigenvalue weighted by molar-refractivity contribution is 7.99. The van der Waals surface area contributed by atoms with Crippen LogP contribution in [0.4, 0.5) is 0 Å². The Hall–Kier alpha value is -0.670. The largest absolute Gasteiger partial charge is 0.466 e. The summed E-state index contributed by atoms with van der Waals surface area (Å²) in [6.07, 6.45) is 0. The molecule has 4 heteroatoms. The molecule has 1 aromatic rings. The zero-order chi connectivity index (χ0) is 12.8. The molecule has 1 aromatic carbocycles. The van der Waals surface area contributed by atoms with E-state index in [-0.39, 0.29) is 11.9 Å². The highest BCUT2D eigenvalue weighted by Crippen LogP contribution is 2.30. The normalized spacial score (nSPS) is 12.2. The predicted molar refractivity (Wildman–Crippen MR) is 72.9 cm³/mol. The van der Waals surface area contributed by atoms with E-state index in [0.29, 0.717) is 11.6 Å². The van der Waals surface area contributed by atoms with Gasteiger partial charge < -0.3 is 4.74 Å². The van der Waals surface area contributed by atoms with Gasteiger partial charge in [0.1, 0.15) is 0 Å². The van der Waals surface area contributed by atoms with Crippen molar-refractivity contribution in [2.45, 2.75) is 31.6 Å². The smallest absolute Gasteiger partial charge is 0.313 e. The van der Waals surface area contributed by atoms with Crippen LogP contribution in [0.2, 0.25) is 5.02 Å². The second kappa shape index (κ2) is 6.92. The maximum absolute atomic E-state index is 11.6. The zero-order valence-corrected chi connectivity index (χ0v) is 11.9. The summed E-state index contributed by atoms with van der Waals surface area (Å²) >= 11 is 7.85. The summed E-state index contributed by atoms with van der Waals surface area (Å²) in [5, 5.41) is 0.700. The summed E-state index contributed by atoms with van der Waals surface area (Å²) in [4.78, 5) is 12.6. The van der Waals surface area contributed by atoms with Gasteiger partial charge in [0.05, 0.1) is 17.5 Å². The Morgan fingerprint density at radius 2 is 2.18 bits per heavy atom. The monoisotopic (exact) mass is 272 g/mol. The highest BCUT2D eigenvalue weighted by atomic mass is 35.5. The second-order valence-electron chi connectivity index (χ2n) is 3.60. The topological polar surface area (TPSA) is 26.3 Å². The molecule has 17 heavy (non-hydrogen) atoms. The van der Waals surface area contributed by atoms with E-state index in [4.69, 9.17) is 16.3 Å². The van der Waals surface area contributed by atoms with Gasteiger partial charge in [-0.2, -0.15) is 0 Å². The van der Waals surface area contributed by atoms with Crippen molar-refractivity contribution in [3.63, 3.8) is 0 Å². The summed E-state index contributed by atoms with van der Waals surface area (Å²) < 4.78 is 4.99. The van der Waals surface area contributed by atoms with E-state index in [1.165, 1.54) is 0 Å². The fourth-order valence-corrected chi connectivity index (χ4v) is 2.49. The number of carbonyl (C=O) groups is 1. The molecule has 0 spiro atoms. The number of hydrogen-bond donors (Lipinski definition) is 0. The van der Waals surface area contributed by atoms with E-state index in [1.54, 1.807) is 18.7 Å². The van der Waals surface area contributed by atoms with Crippen LogP contribution in [0.1, 0.15) is 32.3 Å². The Kier molecular flexibility index (Phi) is 5.86. The van der Waals surface area contributed by atoms with Crippen LogP contribution in [0.15, 0.2) is 23.1 Å². The van der Waals surface area contributed by atoms with Crippen LogP contribution in [-0.4, -0.2) is 18.3 Å². The van der Waals surface area contributed by atoms with E-state index >= 15 is 0 Å². The first-order valence-electron chi connectivity index (χ1n) is 5.69. The van der Waals surface area contributed by atoms with Crippen molar-refractivity contribution in [1.82, 2.24) is 0 Å². The molecule has 0 aliphatic rings. The average Bonchev–Trinajstić information content (AvgIpc) is 2.31. The molecule has 94 valence electrons. The van der Waals surface area contributed by atoms with Crippen LogP contribution in [0.3, 0.4) is 0 Å². The molecule has 0 saturated carbocycles. The highest BCUT2D eigenvalue weighted by Gasteiger charge is 2.17. The van der Waals surface area contributed by atoms with Gasteiger partial charge in [0.15, 0.2) is 0 Å². The molecular formula is C13H17ClO2S. The predicted octanol–water partition coefficient (Wildman–Crippen LogP) is 4.12. The molecule has 0 saturated heterocycles. The third-order valence-corrected chi connectivity index (χ3v) is 3.78. The van der Waals surface area contributed by atoms with Crippen molar-refractivity contribution in [1.29, 1.82) is 0 Å².